The maximum atomic E-state index is 12.2. The highest BCUT2D eigenvalue weighted by Gasteiger charge is 2.36. The van der Waals surface area contributed by atoms with E-state index in [1.807, 2.05) is 6.92 Å². The molecular formula is C14H16N2O3. The minimum Gasteiger partial charge on any atom is -0.323 e. The predicted molar refractivity (Wildman–Crippen MR) is 69.9 cm³/mol. The van der Waals surface area contributed by atoms with Gasteiger partial charge < -0.3 is 4.90 Å². The number of carbonyl (C=O) groups is 3. The van der Waals surface area contributed by atoms with Crippen LogP contribution in [-0.2, 0) is 14.4 Å². The molecule has 0 aromatic heterocycles. The molecule has 2 aliphatic rings. The Balaban J connectivity index is 2.06. The number of allylic oxidation sites excluding steroid dienone is 2. The van der Waals surface area contributed by atoms with Crippen LogP contribution < -0.4 is 5.32 Å². The number of hydrogen-bond donors (Lipinski definition) is 1. The van der Waals surface area contributed by atoms with Crippen LogP contribution in [0.5, 0.6) is 0 Å². The maximum absolute atomic E-state index is 12.2. The number of piperidine rings is 1. The molecular weight excluding hydrogens is 244 g/mol. The van der Waals surface area contributed by atoms with E-state index in [9.17, 15) is 14.4 Å². The second-order valence-corrected chi connectivity index (χ2v) is 4.76. The molecule has 0 aromatic rings. The average molecular weight is 260 g/mol. The van der Waals surface area contributed by atoms with Crippen molar-refractivity contribution in [3.8, 4) is 0 Å². The minimum absolute atomic E-state index is 0.174. The number of imide groups is 1. The number of amides is 3. The predicted octanol–water partition coefficient (Wildman–Crippen LogP) is 0.692. The van der Waals surface area contributed by atoms with Crippen molar-refractivity contribution in [2.24, 2.45) is 0 Å². The van der Waals surface area contributed by atoms with Crippen LogP contribution >= 0.6 is 0 Å². The smallest absolute Gasteiger partial charge is 0.254 e. The number of nitrogens with zero attached hydrogens (tertiary/aromatic N) is 1. The van der Waals surface area contributed by atoms with Gasteiger partial charge in [-0.2, -0.15) is 0 Å². The third kappa shape index (κ3) is 2.81. The highest BCUT2D eigenvalue weighted by molar-refractivity contribution is 6.05. The Morgan fingerprint density at radius 3 is 2.84 bits per heavy atom. The van der Waals surface area contributed by atoms with Gasteiger partial charge in [-0.3, -0.25) is 19.7 Å². The SMILES string of the molecule is C=C(C)/C=C\C1=CCN(C2CCC(=O)NC2=O)C1=O. The Hall–Kier alpha value is -2.17. The van der Waals surface area contributed by atoms with Gasteiger partial charge in [-0.05, 0) is 19.4 Å². The first kappa shape index (κ1) is 13.3. The van der Waals surface area contributed by atoms with E-state index in [-0.39, 0.29) is 24.1 Å². The zero-order valence-corrected chi connectivity index (χ0v) is 10.8. The molecule has 1 saturated heterocycles. The summed E-state index contributed by atoms with van der Waals surface area (Å²) >= 11 is 0. The van der Waals surface area contributed by atoms with Gasteiger partial charge in [0.2, 0.25) is 11.8 Å². The first-order valence-corrected chi connectivity index (χ1v) is 6.17. The van der Waals surface area contributed by atoms with Gasteiger partial charge >= 0.3 is 0 Å². The van der Waals surface area contributed by atoms with E-state index >= 15 is 0 Å². The quantitative estimate of drug-likeness (QED) is 0.600. The number of rotatable bonds is 3. The summed E-state index contributed by atoms with van der Waals surface area (Å²) in [5.74, 6) is -0.835. The third-order valence-electron chi connectivity index (χ3n) is 3.15. The van der Waals surface area contributed by atoms with Gasteiger partial charge in [0.15, 0.2) is 0 Å². The lowest BCUT2D eigenvalue weighted by Gasteiger charge is -2.29. The van der Waals surface area contributed by atoms with Crippen molar-refractivity contribution >= 4 is 17.7 Å². The summed E-state index contributed by atoms with van der Waals surface area (Å²) in [6.07, 6.45) is 5.92. The lowest BCUT2D eigenvalue weighted by Crippen LogP contribution is -2.53. The van der Waals surface area contributed by atoms with Crippen molar-refractivity contribution in [2.75, 3.05) is 6.54 Å². The Morgan fingerprint density at radius 2 is 2.21 bits per heavy atom. The third-order valence-corrected chi connectivity index (χ3v) is 3.15. The van der Waals surface area contributed by atoms with Crippen LogP contribution in [0.2, 0.25) is 0 Å². The van der Waals surface area contributed by atoms with Gasteiger partial charge in [0.1, 0.15) is 6.04 Å². The monoisotopic (exact) mass is 260 g/mol. The summed E-state index contributed by atoms with van der Waals surface area (Å²) in [6, 6.07) is -0.544. The minimum atomic E-state index is -0.544. The normalized spacial score (nSPS) is 23.8. The fourth-order valence-electron chi connectivity index (χ4n) is 2.15. The van der Waals surface area contributed by atoms with Gasteiger partial charge in [0.05, 0.1) is 0 Å². The molecule has 1 fully saturated rings. The number of nitrogens with one attached hydrogen (secondary N) is 1. The van der Waals surface area contributed by atoms with Crippen LogP contribution in [0.15, 0.2) is 36.0 Å². The molecule has 0 saturated carbocycles. The molecule has 5 nitrogen and oxygen atoms in total. The van der Waals surface area contributed by atoms with Crippen molar-refractivity contribution in [3.63, 3.8) is 0 Å². The van der Waals surface area contributed by atoms with E-state index in [2.05, 4.69) is 11.9 Å². The summed E-state index contributed by atoms with van der Waals surface area (Å²) in [5, 5.41) is 2.26. The highest BCUT2D eigenvalue weighted by Crippen LogP contribution is 2.20. The zero-order chi connectivity index (χ0) is 14.0. The molecule has 1 N–H and O–H groups in total. The van der Waals surface area contributed by atoms with Gasteiger partial charge in [-0.15, -0.1) is 0 Å². The van der Waals surface area contributed by atoms with E-state index < -0.39 is 6.04 Å². The molecule has 19 heavy (non-hydrogen) atoms. The van der Waals surface area contributed by atoms with Crippen LogP contribution in [0.4, 0.5) is 0 Å². The molecule has 0 radical (unpaired) electrons. The van der Waals surface area contributed by atoms with Crippen molar-refractivity contribution in [3.05, 3.63) is 36.0 Å². The standard InChI is InChI=1S/C14H16N2O3/c1-9(2)3-4-10-7-8-16(14(10)19)11-5-6-12(17)15-13(11)18/h3-4,7,11H,1,5-6,8H2,2H3,(H,15,17,18)/b4-3-. The van der Waals surface area contributed by atoms with Gasteiger partial charge in [0.25, 0.3) is 5.91 Å². The largest absolute Gasteiger partial charge is 0.323 e. The number of hydrogen-bond acceptors (Lipinski definition) is 3. The Labute approximate surface area is 111 Å². The lowest BCUT2D eigenvalue weighted by atomic mass is 10.0. The van der Waals surface area contributed by atoms with E-state index in [0.29, 0.717) is 18.5 Å². The first-order chi connectivity index (χ1) is 8.99. The highest BCUT2D eigenvalue weighted by atomic mass is 16.2. The van der Waals surface area contributed by atoms with Crippen molar-refractivity contribution in [1.82, 2.24) is 10.2 Å². The molecule has 0 spiro atoms. The fourth-order valence-corrected chi connectivity index (χ4v) is 2.15. The van der Waals surface area contributed by atoms with Crippen molar-refractivity contribution in [2.45, 2.75) is 25.8 Å². The van der Waals surface area contributed by atoms with Gasteiger partial charge in [-0.25, -0.2) is 0 Å². The summed E-state index contributed by atoms with van der Waals surface area (Å²) in [7, 11) is 0. The van der Waals surface area contributed by atoms with Crippen molar-refractivity contribution < 1.29 is 14.4 Å². The van der Waals surface area contributed by atoms with Gasteiger partial charge in [-0.1, -0.05) is 24.3 Å². The average Bonchev–Trinajstić information content (AvgIpc) is 2.68. The molecule has 0 aliphatic carbocycles. The molecule has 1 atom stereocenters. The molecule has 2 rings (SSSR count). The molecule has 0 bridgehead atoms. The zero-order valence-electron chi connectivity index (χ0n) is 10.8. The van der Waals surface area contributed by atoms with Crippen LogP contribution in [0.3, 0.4) is 0 Å². The molecule has 1 unspecified atom stereocenters. The Bertz CT molecular complexity index is 517. The molecule has 5 heteroatoms. The van der Waals surface area contributed by atoms with E-state index in [1.165, 1.54) is 4.90 Å². The molecule has 2 heterocycles. The molecule has 0 aromatic carbocycles. The van der Waals surface area contributed by atoms with Gasteiger partial charge in [0, 0.05) is 18.5 Å². The Morgan fingerprint density at radius 1 is 1.47 bits per heavy atom. The van der Waals surface area contributed by atoms with Crippen LogP contribution in [-0.4, -0.2) is 35.2 Å². The van der Waals surface area contributed by atoms with Crippen LogP contribution in [0, 0.1) is 0 Å². The molecule has 100 valence electrons. The molecule has 2 aliphatic heterocycles. The molecule has 3 amide bonds. The summed E-state index contributed by atoms with van der Waals surface area (Å²) in [5.41, 5.74) is 1.42. The Kier molecular flexibility index (Phi) is 3.64. The van der Waals surface area contributed by atoms with E-state index in [4.69, 9.17) is 0 Å². The second-order valence-electron chi connectivity index (χ2n) is 4.76. The fraction of sp³-hybridized carbons (Fsp3) is 0.357. The van der Waals surface area contributed by atoms with Crippen LogP contribution in [0.1, 0.15) is 19.8 Å². The summed E-state index contributed by atoms with van der Waals surface area (Å²) in [4.78, 5) is 36.5. The topological polar surface area (TPSA) is 66.5 Å². The second kappa shape index (κ2) is 5.22. The van der Waals surface area contributed by atoms with E-state index in [1.54, 1.807) is 18.2 Å². The maximum Gasteiger partial charge on any atom is 0.254 e. The first-order valence-electron chi connectivity index (χ1n) is 6.17. The van der Waals surface area contributed by atoms with Crippen LogP contribution in [0.25, 0.3) is 0 Å². The van der Waals surface area contributed by atoms with E-state index in [0.717, 1.165) is 5.57 Å². The number of carbonyl (C=O) groups excluding carboxylic acids is 3. The summed E-state index contributed by atoms with van der Waals surface area (Å²) < 4.78 is 0. The lowest BCUT2D eigenvalue weighted by molar-refractivity contribution is -0.142. The van der Waals surface area contributed by atoms with Crippen molar-refractivity contribution in [1.29, 1.82) is 0 Å². The summed E-state index contributed by atoms with van der Waals surface area (Å²) in [6.45, 7) is 5.98.